The number of hydrogen-bond acceptors (Lipinski definition) is 3. The lowest BCUT2D eigenvalue weighted by atomic mass is 9.96. The van der Waals surface area contributed by atoms with Crippen molar-refractivity contribution in [2.75, 3.05) is 7.11 Å². The molecule has 0 saturated heterocycles. The van der Waals surface area contributed by atoms with E-state index in [2.05, 4.69) is 5.43 Å². The summed E-state index contributed by atoms with van der Waals surface area (Å²) in [6.45, 7) is 0. The summed E-state index contributed by atoms with van der Waals surface area (Å²) in [5.74, 6) is 5.29. The fourth-order valence-corrected chi connectivity index (χ4v) is 2.17. The summed E-state index contributed by atoms with van der Waals surface area (Å²) in [6, 6.07) is 15.7. The maximum atomic E-state index is 13.9. The molecule has 0 fully saturated rings. The topological polar surface area (TPSA) is 47.3 Å². The number of hydrogen-bond donors (Lipinski definition) is 2. The van der Waals surface area contributed by atoms with Crippen molar-refractivity contribution < 1.29 is 9.13 Å². The van der Waals surface area contributed by atoms with Crippen molar-refractivity contribution in [2.24, 2.45) is 5.84 Å². The highest BCUT2D eigenvalue weighted by Gasteiger charge is 2.25. The molecule has 0 saturated carbocycles. The summed E-state index contributed by atoms with van der Waals surface area (Å²) in [6.07, 6.45) is -0.358. The summed E-state index contributed by atoms with van der Waals surface area (Å²) < 4.78 is 19.4. The molecule has 2 aromatic rings. The standard InChI is InChI=1S/C15H17FN2O/c1-19-15(11-7-3-2-4-8-11)14(18-17)12-9-5-6-10-13(12)16/h2-10,14-15,18H,17H2,1H3. The number of rotatable bonds is 5. The smallest absolute Gasteiger partial charge is 0.128 e. The predicted molar refractivity (Wildman–Crippen MR) is 72.7 cm³/mol. The van der Waals surface area contributed by atoms with Crippen LogP contribution in [0.2, 0.25) is 0 Å². The molecular formula is C15H17FN2O. The molecule has 100 valence electrons. The molecule has 19 heavy (non-hydrogen) atoms. The van der Waals surface area contributed by atoms with Crippen molar-refractivity contribution in [3.05, 3.63) is 71.5 Å². The molecule has 2 aromatic carbocycles. The van der Waals surface area contributed by atoms with Gasteiger partial charge in [0.25, 0.3) is 0 Å². The summed E-state index contributed by atoms with van der Waals surface area (Å²) >= 11 is 0. The second-order valence-electron chi connectivity index (χ2n) is 4.23. The number of nitrogens with two attached hydrogens (primary N) is 1. The molecule has 0 amide bonds. The minimum absolute atomic E-state index is 0.302. The van der Waals surface area contributed by atoms with Gasteiger partial charge < -0.3 is 4.74 Å². The Morgan fingerprint density at radius 3 is 2.26 bits per heavy atom. The van der Waals surface area contributed by atoms with E-state index in [4.69, 9.17) is 10.6 Å². The molecule has 0 aromatic heterocycles. The molecule has 2 rings (SSSR count). The van der Waals surface area contributed by atoms with Gasteiger partial charge >= 0.3 is 0 Å². The summed E-state index contributed by atoms with van der Waals surface area (Å²) in [5.41, 5.74) is 4.07. The number of hydrazine groups is 1. The van der Waals surface area contributed by atoms with E-state index in [9.17, 15) is 4.39 Å². The van der Waals surface area contributed by atoms with Crippen LogP contribution in [0.5, 0.6) is 0 Å². The Kier molecular flexibility index (Phi) is 4.63. The number of nitrogens with one attached hydrogen (secondary N) is 1. The zero-order valence-corrected chi connectivity index (χ0v) is 10.7. The number of methoxy groups -OCH3 is 1. The van der Waals surface area contributed by atoms with Crippen LogP contribution in [0.15, 0.2) is 54.6 Å². The molecule has 0 spiro atoms. The molecule has 0 aliphatic rings. The van der Waals surface area contributed by atoms with Gasteiger partial charge in [-0.15, -0.1) is 0 Å². The van der Waals surface area contributed by atoms with E-state index in [1.54, 1.807) is 25.3 Å². The lowest BCUT2D eigenvalue weighted by Crippen LogP contribution is -2.34. The van der Waals surface area contributed by atoms with E-state index in [-0.39, 0.29) is 11.9 Å². The minimum atomic E-state index is -0.450. The van der Waals surface area contributed by atoms with Crippen LogP contribution in [-0.4, -0.2) is 7.11 Å². The van der Waals surface area contributed by atoms with E-state index in [1.807, 2.05) is 30.3 Å². The molecule has 0 heterocycles. The Balaban J connectivity index is 2.38. The molecule has 3 N–H and O–H groups in total. The van der Waals surface area contributed by atoms with Gasteiger partial charge in [0.05, 0.1) is 6.04 Å². The van der Waals surface area contributed by atoms with Crippen LogP contribution in [0, 0.1) is 5.82 Å². The van der Waals surface area contributed by atoms with Crippen molar-refractivity contribution >= 4 is 0 Å². The molecule has 4 heteroatoms. The zero-order chi connectivity index (χ0) is 13.7. The highest BCUT2D eigenvalue weighted by atomic mass is 19.1. The SMILES string of the molecule is COC(c1ccccc1)C(NN)c1ccccc1F. The third-order valence-corrected chi connectivity index (χ3v) is 3.10. The lowest BCUT2D eigenvalue weighted by Gasteiger charge is -2.26. The van der Waals surface area contributed by atoms with E-state index in [0.29, 0.717) is 5.56 Å². The van der Waals surface area contributed by atoms with Crippen molar-refractivity contribution in [2.45, 2.75) is 12.1 Å². The van der Waals surface area contributed by atoms with Crippen molar-refractivity contribution in [1.82, 2.24) is 5.43 Å². The van der Waals surface area contributed by atoms with Gasteiger partial charge in [0.1, 0.15) is 11.9 Å². The van der Waals surface area contributed by atoms with Gasteiger partial charge in [-0.1, -0.05) is 48.5 Å². The number of ether oxygens (including phenoxy) is 1. The third-order valence-electron chi connectivity index (χ3n) is 3.10. The fraction of sp³-hybridized carbons (Fsp3) is 0.200. The van der Waals surface area contributed by atoms with Gasteiger partial charge in [0.2, 0.25) is 0 Å². The van der Waals surface area contributed by atoms with Gasteiger partial charge in [-0.05, 0) is 11.6 Å². The van der Waals surface area contributed by atoms with E-state index < -0.39 is 6.04 Å². The van der Waals surface area contributed by atoms with Gasteiger partial charge in [-0.2, -0.15) is 0 Å². The lowest BCUT2D eigenvalue weighted by molar-refractivity contribution is 0.0664. The normalized spacial score (nSPS) is 14.1. The Bertz CT molecular complexity index is 519. The van der Waals surface area contributed by atoms with E-state index in [0.717, 1.165) is 5.56 Å². The second-order valence-corrected chi connectivity index (χ2v) is 4.23. The molecule has 0 bridgehead atoms. The molecule has 3 nitrogen and oxygen atoms in total. The van der Waals surface area contributed by atoms with Crippen LogP contribution in [0.25, 0.3) is 0 Å². The summed E-state index contributed by atoms with van der Waals surface area (Å²) in [4.78, 5) is 0. The van der Waals surface area contributed by atoms with E-state index in [1.165, 1.54) is 6.07 Å². The van der Waals surface area contributed by atoms with Crippen LogP contribution in [-0.2, 0) is 4.74 Å². The third kappa shape index (κ3) is 2.98. The summed E-state index contributed by atoms with van der Waals surface area (Å²) in [5, 5.41) is 0. The largest absolute Gasteiger partial charge is 0.375 e. The highest BCUT2D eigenvalue weighted by molar-refractivity contribution is 5.27. The van der Waals surface area contributed by atoms with Crippen molar-refractivity contribution in [3.8, 4) is 0 Å². The first kappa shape index (κ1) is 13.7. The molecule has 2 atom stereocenters. The van der Waals surface area contributed by atoms with Crippen molar-refractivity contribution in [1.29, 1.82) is 0 Å². The van der Waals surface area contributed by atoms with E-state index >= 15 is 0 Å². The predicted octanol–water partition coefficient (Wildman–Crippen LogP) is 2.72. The Morgan fingerprint density at radius 2 is 1.68 bits per heavy atom. The average molecular weight is 260 g/mol. The Hall–Kier alpha value is -1.75. The van der Waals surface area contributed by atoms with Crippen LogP contribution in [0.1, 0.15) is 23.3 Å². The molecule has 0 aliphatic carbocycles. The van der Waals surface area contributed by atoms with Crippen LogP contribution in [0.4, 0.5) is 4.39 Å². The maximum Gasteiger partial charge on any atom is 0.128 e. The Labute approximate surface area is 112 Å². The first-order valence-electron chi connectivity index (χ1n) is 6.06. The fourth-order valence-electron chi connectivity index (χ4n) is 2.17. The average Bonchev–Trinajstić information content (AvgIpc) is 2.46. The maximum absolute atomic E-state index is 13.9. The second kappa shape index (κ2) is 6.43. The quantitative estimate of drug-likeness (QED) is 0.642. The van der Waals surface area contributed by atoms with Crippen LogP contribution < -0.4 is 11.3 Å². The number of halogens is 1. The molecular weight excluding hydrogens is 243 g/mol. The van der Waals surface area contributed by atoms with Gasteiger partial charge in [-0.3, -0.25) is 5.84 Å². The summed E-state index contributed by atoms with van der Waals surface area (Å²) in [7, 11) is 1.59. The number of benzene rings is 2. The molecule has 0 radical (unpaired) electrons. The molecule has 2 unspecified atom stereocenters. The van der Waals surface area contributed by atoms with Crippen LogP contribution in [0.3, 0.4) is 0 Å². The van der Waals surface area contributed by atoms with Gasteiger partial charge in [0.15, 0.2) is 0 Å². The zero-order valence-electron chi connectivity index (χ0n) is 10.7. The Morgan fingerprint density at radius 1 is 1.05 bits per heavy atom. The highest BCUT2D eigenvalue weighted by Crippen LogP contribution is 2.32. The van der Waals surface area contributed by atoms with Crippen LogP contribution >= 0.6 is 0 Å². The van der Waals surface area contributed by atoms with Gasteiger partial charge in [-0.25, -0.2) is 9.82 Å². The first-order chi connectivity index (χ1) is 9.27. The van der Waals surface area contributed by atoms with Crippen molar-refractivity contribution in [3.63, 3.8) is 0 Å². The van der Waals surface area contributed by atoms with Gasteiger partial charge in [0, 0.05) is 12.7 Å². The molecule has 0 aliphatic heterocycles. The minimum Gasteiger partial charge on any atom is -0.375 e. The first-order valence-corrected chi connectivity index (χ1v) is 6.06. The monoisotopic (exact) mass is 260 g/mol.